The van der Waals surface area contributed by atoms with Gasteiger partial charge in [0.25, 0.3) is 0 Å². The molecular formula is C24H23FN2O3. The predicted octanol–water partition coefficient (Wildman–Crippen LogP) is 4.77. The van der Waals surface area contributed by atoms with Gasteiger partial charge in [-0.2, -0.15) is 4.73 Å². The van der Waals surface area contributed by atoms with Crippen molar-refractivity contribution in [3.63, 3.8) is 0 Å². The molecule has 0 bridgehead atoms. The predicted molar refractivity (Wildman–Crippen MR) is 111 cm³/mol. The number of hydrogen-bond acceptors (Lipinski definition) is 3. The monoisotopic (exact) mass is 406 g/mol. The molecule has 1 aliphatic heterocycles. The Kier molecular flexibility index (Phi) is 5.40. The first-order chi connectivity index (χ1) is 14.5. The second-order valence-electron chi connectivity index (χ2n) is 7.70. The molecule has 3 aromatic rings. The van der Waals surface area contributed by atoms with Crippen molar-refractivity contribution in [3.05, 3.63) is 95.1 Å². The van der Waals surface area contributed by atoms with Gasteiger partial charge in [-0.1, -0.05) is 30.3 Å². The van der Waals surface area contributed by atoms with Gasteiger partial charge in [0.2, 0.25) is 5.69 Å². The van der Waals surface area contributed by atoms with Crippen LogP contribution in [0, 0.1) is 11.0 Å². The smallest absolute Gasteiger partial charge is 0.410 e. The highest BCUT2D eigenvalue weighted by molar-refractivity contribution is 5.70. The Bertz CT molecular complexity index is 1040. The number of benzene rings is 2. The second kappa shape index (κ2) is 8.14. The number of likely N-dealkylation sites (tertiary alicyclic amines) is 1. The Labute approximate surface area is 174 Å². The molecule has 1 saturated heterocycles. The Balaban J connectivity index is 1.59. The molecule has 154 valence electrons. The van der Waals surface area contributed by atoms with Crippen LogP contribution >= 0.6 is 0 Å². The number of pyridine rings is 1. The number of rotatable bonds is 4. The van der Waals surface area contributed by atoms with Crippen molar-refractivity contribution < 1.29 is 18.7 Å². The molecule has 0 N–H and O–H groups in total. The van der Waals surface area contributed by atoms with E-state index in [0.29, 0.717) is 17.8 Å². The van der Waals surface area contributed by atoms with Crippen LogP contribution in [-0.2, 0) is 16.9 Å². The van der Waals surface area contributed by atoms with Gasteiger partial charge in [0.1, 0.15) is 12.4 Å². The first kappa shape index (κ1) is 19.9. The molecule has 0 spiro atoms. The second-order valence-corrected chi connectivity index (χ2v) is 7.70. The molecule has 0 radical (unpaired) electrons. The van der Waals surface area contributed by atoms with E-state index < -0.39 is 5.54 Å². The highest BCUT2D eigenvalue weighted by Crippen LogP contribution is 2.39. The van der Waals surface area contributed by atoms with E-state index >= 15 is 0 Å². The third-order valence-corrected chi connectivity index (χ3v) is 5.75. The lowest BCUT2D eigenvalue weighted by molar-refractivity contribution is -0.593. The summed E-state index contributed by atoms with van der Waals surface area (Å²) < 4.78 is 19.6. The lowest BCUT2D eigenvalue weighted by Crippen LogP contribution is -2.43. The van der Waals surface area contributed by atoms with Crippen molar-refractivity contribution in [2.24, 2.45) is 0 Å². The number of carbonyl (C=O) groups excluding carboxylic acids is 1. The van der Waals surface area contributed by atoms with Crippen molar-refractivity contribution >= 4 is 6.09 Å². The van der Waals surface area contributed by atoms with Gasteiger partial charge < -0.3 is 9.94 Å². The maximum absolute atomic E-state index is 13.3. The third kappa shape index (κ3) is 3.85. The topological polar surface area (TPSA) is 56.5 Å². The number of aromatic nitrogens is 1. The Morgan fingerprint density at radius 1 is 1.17 bits per heavy atom. The summed E-state index contributed by atoms with van der Waals surface area (Å²) in [5.74, 6) is -0.359. The van der Waals surface area contributed by atoms with Crippen molar-refractivity contribution in [1.82, 2.24) is 4.90 Å². The lowest BCUT2D eigenvalue weighted by atomic mass is 9.89. The summed E-state index contributed by atoms with van der Waals surface area (Å²) in [5.41, 5.74) is 2.23. The molecule has 6 heteroatoms. The van der Waals surface area contributed by atoms with Crippen LogP contribution < -0.4 is 4.73 Å². The Hall–Kier alpha value is -3.41. The zero-order chi connectivity index (χ0) is 21.1. The SMILES string of the molecule is C[C@]1(c2cc[n+]([O-])c(-c3ccc(F)cc3)c2)CCCN1C(=O)OCc1ccccc1. The van der Waals surface area contributed by atoms with E-state index in [1.165, 1.54) is 18.3 Å². The summed E-state index contributed by atoms with van der Waals surface area (Å²) in [6, 6.07) is 18.9. The quantitative estimate of drug-likeness (QED) is 0.463. The van der Waals surface area contributed by atoms with Crippen LogP contribution in [0.1, 0.15) is 30.9 Å². The lowest BCUT2D eigenvalue weighted by Gasteiger charge is -2.35. The molecule has 5 nitrogen and oxygen atoms in total. The first-order valence-electron chi connectivity index (χ1n) is 9.95. The van der Waals surface area contributed by atoms with Crippen LogP contribution in [0.2, 0.25) is 0 Å². The molecular weight excluding hydrogens is 383 g/mol. The van der Waals surface area contributed by atoms with Crippen LogP contribution in [0.15, 0.2) is 72.9 Å². The zero-order valence-corrected chi connectivity index (χ0v) is 16.8. The number of hydrogen-bond donors (Lipinski definition) is 0. The number of amides is 1. The summed E-state index contributed by atoms with van der Waals surface area (Å²) in [4.78, 5) is 14.6. The minimum Gasteiger partial charge on any atom is -0.618 e. The van der Waals surface area contributed by atoms with Crippen molar-refractivity contribution in [2.75, 3.05) is 6.54 Å². The normalized spacial score (nSPS) is 18.4. The maximum atomic E-state index is 13.3. The van der Waals surface area contributed by atoms with E-state index in [1.54, 1.807) is 29.2 Å². The largest absolute Gasteiger partial charge is 0.618 e. The van der Waals surface area contributed by atoms with Gasteiger partial charge in [-0.15, -0.1) is 0 Å². The fraction of sp³-hybridized carbons (Fsp3) is 0.250. The van der Waals surface area contributed by atoms with E-state index in [0.717, 1.165) is 28.7 Å². The fourth-order valence-electron chi connectivity index (χ4n) is 4.01. The van der Waals surface area contributed by atoms with E-state index in [9.17, 15) is 14.4 Å². The molecule has 1 amide bonds. The van der Waals surface area contributed by atoms with E-state index in [1.807, 2.05) is 37.3 Å². The highest BCUT2D eigenvalue weighted by Gasteiger charge is 2.42. The van der Waals surface area contributed by atoms with Crippen molar-refractivity contribution in [1.29, 1.82) is 0 Å². The summed E-state index contributed by atoms with van der Waals surface area (Å²) in [6.45, 7) is 2.79. The molecule has 30 heavy (non-hydrogen) atoms. The van der Waals surface area contributed by atoms with Crippen LogP contribution in [0.4, 0.5) is 9.18 Å². The van der Waals surface area contributed by atoms with Gasteiger partial charge in [0.15, 0.2) is 6.20 Å². The molecule has 2 aromatic carbocycles. The van der Waals surface area contributed by atoms with E-state index in [2.05, 4.69) is 0 Å². The molecule has 0 aliphatic carbocycles. The van der Waals surface area contributed by atoms with Gasteiger partial charge in [-0.25, -0.2) is 9.18 Å². The van der Waals surface area contributed by atoms with E-state index in [-0.39, 0.29) is 18.5 Å². The van der Waals surface area contributed by atoms with Gasteiger partial charge in [0, 0.05) is 24.2 Å². The first-order valence-corrected chi connectivity index (χ1v) is 9.95. The molecule has 1 fully saturated rings. The maximum Gasteiger partial charge on any atom is 0.410 e. The Morgan fingerprint density at radius 3 is 2.63 bits per heavy atom. The molecule has 1 aliphatic rings. The summed E-state index contributed by atoms with van der Waals surface area (Å²) in [6.07, 6.45) is 2.67. The number of carbonyl (C=O) groups is 1. The molecule has 2 heterocycles. The Morgan fingerprint density at radius 2 is 1.90 bits per heavy atom. The molecule has 1 atom stereocenters. The zero-order valence-electron chi connectivity index (χ0n) is 16.8. The number of nitrogens with zero attached hydrogens (tertiary/aromatic N) is 2. The van der Waals surface area contributed by atoms with Crippen LogP contribution in [0.25, 0.3) is 11.3 Å². The summed E-state index contributed by atoms with van der Waals surface area (Å²) >= 11 is 0. The minimum atomic E-state index is -0.586. The van der Waals surface area contributed by atoms with E-state index in [4.69, 9.17) is 4.74 Å². The molecule has 4 rings (SSSR count). The van der Waals surface area contributed by atoms with Crippen LogP contribution in [0.5, 0.6) is 0 Å². The molecule has 1 aromatic heterocycles. The van der Waals surface area contributed by atoms with Crippen molar-refractivity contribution in [3.8, 4) is 11.3 Å². The van der Waals surface area contributed by atoms with Crippen molar-refractivity contribution in [2.45, 2.75) is 31.9 Å². The van der Waals surface area contributed by atoms with Crippen LogP contribution in [0.3, 0.4) is 0 Å². The van der Waals surface area contributed by atoms with Gasteiger partial charge in [-0.3, -0.25) is 4.90 Å². The number of halogens is 1. The van der Waals surface area contributed by atoms with Crippen LogP contribution in [-0.4, -0.2) is 17.5 Å². The highest BCUT2D eigenvalue weighted by atomic mass is 19.1. The fourth-order valence-corrected chi connectivity index (χ4v) is 4.01. The summed E-state index contributed by atoms with van der Waals surface area (Å²) in [5, 5.41) is 12.4. The van der Waals surface area contributed by atoms with Gasteiger partial charge >= 0.3 is 6.09 Å². The number of ether oxygens (including phenoxy) is 1. The van der Waals surface area contributed by atoms with Gasteiger partial charge in [-0.05, 0) is 55.2 Å². The minimum absolute atomic E-state index is 0.211. The van der Waals surface area contributed by atoms with Gasteiger partial charge in [0.05, 0.1) is 5.54 Å². The molecule has 0 unspecified atom stereocenters. The third-order valence-electron chi connectivity index (χ3n) is 5.75. The molecule has 0 saturated carbocycles. The summed E-state index contributed by atoms with van der Waals surface area (Å²) in [7, 11) is 0. The average molecular weight is 406 g/mol. The standard InChI is InChI=1S/C24H23FN2O3/c1-24(13-5-14-26(24)23(28)30-17-18-6-3-2-4-7-18)20-12-15-27(29)22(16-20)19-8-10-21(25)11-9-19/h2-4,6-12,15-16H,5,13-14,17H2,1H3/t24-/m1/s1. The average Bonchev–Trinajstić information content (AvgIpc) is 3.16.